The number of hydrogen-bond acceptors (Lipinski definition) is 4. The van der Waals surface area contributed by atoms with E-state index in [0.29, 0.717) is 6.42 Å². The zero-order valence-corrected chi connectivity index (χ0v) is 10.3. The molecule has 2 fully saturated rings. The molecule has 17 heavy (non-hydrogen) atoms. The Morgan fingerprint density at radius 2 is 2.12 bits per heavy atom. The molecule has 1 saturated carbocycles. The van der Waals surface area contributed by atoms with Crippen molar-refractivity contribution in [1.29, 1.82) is 0 Å². The minimum Gasteiger partial charge on any atom is -0.390 e. The number of epoxide rings is 1. The summed E-state index contributed by atoms with van der Waals surface area (Å²) in [7, 11) is 0. The summed E-state index contributed by atoms with van der Waals surface area (Å²) in [5.74, 6) is 0.113. The van der Waals surface area contributed by atoms with Gasteiger partial charge in [0.2, 0.25) is 0 Å². The Labute approximate surface area is 104 Å². The third-order valence-corrected chi connectivity index (χ3v) is 4.70. The van der Waals surface area contributed by atoms with E-state index in [9.17, 15) is 9.90 Å². The second-order valence-corrected chi connectivity index (χ2v) is 6.38. The SMILES string of the molecule is C[C@]1(Sc2ccccc2)C[C@H](O)[C@H]2O[C@H]2C1=O. The van der Waals surface area contributed by atoms with Gasteiger partial charge in [-0.2, -0.15) is 0 Å². The van der Waals surface area contributed by atoms with Crippen LogP contribution in [0.4, 0.5) is 0 Å². The lowest BCUT2D eigenvalue weighted by atomic mass is 9.86. The number of aliphatic hydroxyl groups excluding tert-OH is 1. The first kappa shape index (κ1) is 11.3. The number of aliphatic hydroxyl groups is 1. The van der Waals surface area contributed by atoms with Crippen LogP contribution in [0.25, 0.3) is 0 Å². The lowest BCUT2D eigenvalue weighted by molar-refractivity contribution is -0.123. The highest BCUT2D eigenvalue weighted by atomic mass is 32.2. The predicted molar refractivity (Wildman–Crippen MR) is 65.0 cm³/mol. The van der Waals surface area contributed by atoms with E-state index in [1.54, 1.807) is 0 Å². The summed E-state index contributed by atoms with van der Waals surface area (Å²) in [5, 5.41) is 9.86. The van der Waals surface area contributed by atoms with Gasteiger partial charge < -0.3 is 9.84 Å². The normalized spacial score (nSPS) is 39.9. The minimum atomic E-state index is -0.571. The third kappa shape index (κ3) is 1.90. The molecule has 1 aromatic rings. The van der Waals surface area contributed by atoms with Crippen LogP contribution in [0.5, 0.6) is 0 Å². The summed E-state index contributed by atoms with van der Waals surface area (Å²) in [6.45, 7) is 1.90. The van der Waals surface area contributed by atoms with Gasteiger partial charge in [0.1, 0.15) is 12.2 Å². The fourth-order valence-electron chi connectivity index (χ4n) is 2.38. The second-order valence-electron chi connectivity index (χ2n) is 4.80. The standard InChI is InChI=1S/C13H14O3S/c1-13(17-8-5-3-2-4-6-8)7-9(14)10-11(16-10)12(13)15/h2-6,9-11,14H,7H2,1H3/t9-,10+,11+,13-/m0/s1. The van der Waals surface area contributed by atoms with Crippen LogP contribution < -0.4 is 0 Å². The number of Topliss-reactive ketones (excluding diaryl/α,β-unsaturated/α-hetero) is 1. The Morgan fingerprint density at radius 1 is 1.41 bits per heavy atom. The van der Waals surface area contributed by atoms with Crippen LogP contribution in [-0.4, -0.2) is 33.9 Å². The number of rotatable bonds is 2. The van der Waals surface area contributed by atoms with E-state index in [2.05, 4.69) is 0 Å². The quantitative estimate of drug-likeness (QED) is 0.811. The van der Waals surface area contributed by atoms with Crippen molar-refractivity contribution in [2.75, 3.05) is 0 Å². The maximum atomic E-state index is 12.2. The summed E-state index contributed by atoms with van der Waals surface area (Å²) in [4.78, 5) is 13.2. The van der Waals surface area contributed by atoms with Crippen LogP contribution in [0.15, 0.2) is 35.2 Å². The highest BCUT2D eigenvalue weighted by Crippen LogP contribution is 2.47. The molecule has 1 N–H and O–H groups in total. The van der Waals surface area contributed by atoms with Crippen LogP contribution in [0.2, 0.25) is 0 Å². The average Bonchev–Trinajstić information content (AvgIpc) is 3.08. The molecule has 0 spiro atoms. The maximum Gasteiger partial charge on any atom is 0.180 e. The van der Waals surface area contributed by atoms with E-state index in [-0.39, 0.29) is 18.0 Å². The number of carbonyl (C=O) groups is 1. The van der Waals surface area contributed by atoms with Gasteiger partial charge in [-0.15, -0.1) is 11.8 Å². The molecule has 1 aliphatic carbocycles. The first-order chi connectivity index (χ1) is 8.10. The van der Waals surface area contributed by atoms with E-state index in [0.717, 1.165) is 4.90 Å². The Balaban J connectivity index is 1.83. The summed E-state index contributed by atoms with van der Waals surface area (Å²) in [5.41, 5.74) is 0. The Bertz CT molecular complexity index is 447. The molecule has 1 aliphatic heterocycles. The molecule has 0 bridgehead atoms. The van der Waals surface area contributed by atoms with E-state index in [1.165, 1.54) is 11.8 Å². The Kier molecular flexibility index (Phi) is 2.54. The number of carbonyl (C=O) groups excluding carboxylic acids is 1. The maximum absolute atomic E-state index is 12.2. The van der Waals surface area contributed by atoms with Crippen molar-refractivity contribution in [3.05, 3.63) is 30.3 Å². The van der Waals surface area contributed by atoms with Crippen LogP contribution in [0.1, 0.15) is 13.3 Å². The summed E-state index contributed by atoms with van der Waals surface area (Å²) in [6, 6.07) is 9.81. The lowest BCUT2D eigenvalue weighted by Crippen LogP contribution is -2.45. The first-order valence-corrected chi connectivity index (χ1v) is 6.54. The molecular formula is C13H14O3S. The van der Waals surface area contributed by atoms with Gasteiger partial charge in [-0.05, 0) is 25.5 Å². The van der Waals surface area contributed by atoms with Gasteiger partial charge in [0.25, 0.3) is 0 Å². The number of fused-ring (bicyclic) bond motifs is 1. The molecule has 3 nitrogen and oxygen atoms in total. The molecule has 1 heterocycles. The molecule has 90 valence electrons. The van der Waals surface area contributed by atoms with Crippen LogP contribution in [-0.2, 0) is 9.53 Å². The number of ether oxygens (including phenoxy) is 1. The first-order valence-electron chi connectivity index (χ1n) is 5.72. The van der Waals surface area contributed by atoms with Crippen molar-refractivity contribution in [3.63, 3.8) is 0 Å². The van der Waals surface area contributed by atoms with Crippen LogP contribution >= 0.6 is 11.8 Å². The smallest absolute Gasteiger partial charge is 0.180 e. The molecule has 0 aromatic heterocycles. The summed E-state index contributed by atoms with van der Waals surface area (Å²) < 4.78 is 4.65. The van der Waals surface area contributed by atoms with Crippen molar-refractivity contribution in [3.8, 4) is 0 Å². The Morgan fingerprint density at radius 3 is 2.82 bits per heavy atom. The number of hydrogen-bond donors (Lipinski definition) is 1. The van der Waals surface area contributed by atoms with Crippen molar-refractivity contribution in [1.82, 2.24) is 0 Å². The highest BCUT2D eigenvalue weighted by Gasteiger charge is 2.60. The topological polar surface area (TPSA) is 49.8 Å². The summed E-state index contributed by atoms with van der Waals surface area (Å²) >= 11 is 1.52. The molecular weight excluding hydrogens is 236 g/mol. The minimum absolute atomic E-state index is 0.113. The van der Waals surface area contributed by atoms with Gasteiger partial charge in [0, 0.05) is 4.90 Å². The Hall–Kier alpha value is -0.840. The van der Waals surface area contributed by atoms with Gasteiger partial charge in [-0.25, -0.2) is 0 Å². The largest absolute Gasteiger partial charge is 0.390 e. The monoisotopic (exact) mass is 250 g/mol. The highest BCUT2D eigenvalue weighted by molar-refractivity contribution is 8.01. The predicted octanol–water partition coefficient (Wildman–Crippen LogP) is 1.64. The van der Waals surface area contributed by atoms with E-state index < -0.39 is 10.9 Å². The van der Waals surface area contributed by atoms with Crippen molar-refractivity contribution in [2.45, 2.75) is 41.3 Å². The van der Waals surface area contributed by atoms with Gasteiger partial charge >= 0.3 is 0 Å². The molecule has 0 radical (unpaired) electrons. The molecule has 4 atom stereocenters. The molecule has 3 rings (SSSR count). The van der Waals surface area contributed by atoms with Gasteiger partial charge in [0.15, 0.2) is 5.78 Å². The fourth-order valence-corrected chi connectivity index (χ4v) is 3.67. The number of ketones is 1. The van der Waals surface area contributed by atoms with Crippen LogP contribution in [0, 0.1) is 0 Å². The molecule has 0 amide bonds. The second kappa shape index (κ2) is 3.83. The van der Waals surface area contributed by atoms with Crippen molar-refractivity contribution in [2.24, 2.45) is 0 Å². The van der Waals surface area contributed by atoms with Gasteiger partial charge in [-0.3, -0.25) is 4.79 Å². The summed E-state index contributed by atoms with van der Waals surface area (Å²) in [6.07, 6.45) is -0.669. The lowest BCUT2D eigenvalue weighted by Gasteiger charge is -2.31. The molecule has 1 saturated heterocycles. The van der Waals surface area contributed by atoms with Crippen LogP contribution in [0.3, 0.4) is 0 Å². The average molecular weight is 250 g/mol. The van der Waals surface area contributed by atoms with E-state index >= 15 is 0 Å². The zero-order valence-electron chi connectivity index (χ0n) is 9.50. The van der Waals surface area contributed by atoms with Crippen molar-refractivity contribution < 1.29 is 14.6 Å². The molecule has 1 aromatic carbocycles. The third-order valence-electron chi connectivity index (χ3n) is 3.37. The molecule has 4 heteroatoms. The van der Waals surface area contributed by atoms with E-state index in [4.69, 9.17) is 4.74 Å². The fraction of sp³-hybridized carbons (Fsp3) is 0.462. The van der Waals surface area contributed by atoms with Gasteiger partial charge in [-0.1, -0.05) is 18.2 Å². The molecule has 0 unspecified atom stereocenters. The molecule has 2 aliphatic rings. The number of benzene rings is 1. The number of thioether (sulfide) groups is 1. The zero-order chi connectivity index (χ0) is 12.0. The van der Waals surface area contributed by atoms with E-state index in [1.807, 2.05) is 37.3 Å². The van der Waals surface area contributed by atoms with Gasteiger partial charge in [0.05, 0.1) is 10.9 Å². The van der Waals surface area contributed by atoms with Crippen molar-refractivity contribution >= 4 is 17.5 Å².